The number of benzene rings is 9. The van der Waals surface area contributed by atoms with Crippen LogP contribution in [0.5, 0.6) is 0 Å². The quantitative estimate of drug-likeness (QED) is 0.180. The van der Waals surface area contributed by atoms with Crippen LogP contribution in [0.4, 0.5) is 0 Å². The van der Waals surface area contributed by atoms with Crippen molar-refractivity contribution in [2.75, 3.05) is 0 Å². The second-order valence-corrected chi connectivity index (χ2v) is 16.5. The molecule has 1 aliphatic carbocycles. The topological polar surface area (TPSA) is 35.6 Å². The summed E-state index contributed by atoms with van der Waals surface area (Å²) in [6, 6.07) is 66.2. The first-order chi connectivity index (χ1) is 29.0. The van der Waals surface area contributed by atoms with E-state index in [-0.39, 0.29) is 5.41 Å². The molecule has 0 saturated heterocycles. The second kappa shape index (κ2) is 11.7. The highest BCUT2D eigenvalue weighted by atomic mass is 15.1. The highest BCUT2D eigenvalue weighted by Crippen LogP contribution is 2.53. The van der Waals surface area contributed by atoms with Crippen molar-refractivity contribution < 1.29 is 0 Å². The van der Waals surface area contributed by atoms with Crippen LogP contribution in [0, 0.1) is 0 Å². The van der Waals surface area contributed by atoms with Gasteiger partial charge in [-0.1, -0.05) is 153 Å². The molecule has 1 aliphatic rings. The lowest BCUT2D eigenvalue weighted by Gasteiger charge is -2.25. The van der Waals surface area contributed by atoms with E-state index in [9.17, 15) is 0 Å². The summed E-state index contributed by atoms with van der Waals surface area (Å²) >= 11 is 0. The molecule has 276 valence electrons. The van der Waals surface area contributed by atoms with E-state index in [4.69, 9.17) is 9.97 Å². The van der Waals surface area contributed by atoms with Crippen LogP contribution in [-0.4, -0.2) is 19.1 Å². The zero-order valence-corrected chi connectivity index (χ0v) is 32.6. The predicted molar refractivity (Wildman–Crippen MR) is 246 cm³/mol. The van der Waals surface area contributed by atoms with E-state index in [1.165, 1.54) is 71.0 Å². The summed E-state index contributed by atoms with van der Waals surface area (Å²) in [5, 5.41) is 9.72. The average Bonchev–Trinajstić information content (AvgIpc) is 3.88. The van der Waals surface area contributed by atoms with Crippen LogP contribution in [0.15, 0.2) is 182 Å². The Labute approximate surface area is 340 Å². The monoisotopic (exact) mass is 752 g/mol. The van der Waals surface area contributed by atoms with Crippen LogP contribution in [0.2, 0.25) is 0 Å². The Morgan fingerprint density at radius 3 is 1.88 bits per heavy atom. The molecule has 4 heteroatoms. The number of nitrogens with zero attached hydrogens (tertiary/aromatic N) is 4. The standard InChI is InChI=1S/C55H36N4/c1-55(2)44-23-8-5-18-36(44)39-21-14-22-41(51(39)55)52-54(57-46-25-10-9-24-45(46)56-52)59-48-27-12-7-20-38(48)43-32-42-34(31-50(43)59)16-13-28-49(42)58-47-26-11-6-19-37(47)40-30-29-33-15-3-4-17-35(33)53(40)58/h3-32H,1-2H3. The number of fused-ring (bicyclic) bond motifs is 13. The van der Waals surface area contributed by atoms with E-state index in [1.807, 2.05) is 0 Å². The molecule has 3 aromatic heterocycles. The van der Waals surface area contributed by atoms with Crippen molar-refractivity contribution in [3.05, 3.63) is 193 Å². The minimum Gasteiger partial charge on any atom is -0.308 e. The molecule has 9 aromatic carbocycles. The van der Waals surface area contributed by atoms with Gasteiger partial charge in [0.2, 0.25) is 0 Å². The van der Waals surface area contributed by atoms with Crippen molar-refractivity contribution >= 4 is 76.2 Å². The minimum atomic E-state index is -0.224. The van der Waals surface area contributed by atoms with E-state index >= 15 is 0 Å². The summed E-state index contributed by atoms with van der Waals surface area (Å²) in [7, 11) is 0. The van der Waals surface area contributed by atoms with Gasteiger partial charge in [0.25, 0.3) is 0 Å². The van der Waals surface area contributed by atoms with Crippen molar-refractivity contribution in [2.24, 2.45) is 0 Å². The molecular weight excluding hydrogens is 717 g/mol. The first-order valence-electron chi connectivity index (χ1n) is 20.4. The SMILES string of the molecule is CC1(C)c2ccccc2-c2cccc(-c3nc4ccccc4nc3-n3c4ccccc4c4cc5c(-n6c7ccccc7c7ccc8ccccc8c76)cccc5cc43)c21. The molecule has 0 atom stereocenters. The molecule has 0 amide bonds. The van der Waals surface area contributed by atoms with Gasteiger partial charge in [-0.05, 0) is 75.5 Å². The molecule has 3 heterocycles. The van der Waals surface area contributed by atoms with E-state index < -0.39 is 0 Å². The molecular formula is C55H36N4. The molecule has 0 aliphatic heterocycles. The molecule has 0 fully saturated rings. The lowest BCUT2D eigenvalue weighted by atomic mass is 9.79. The third kappa shape index (κ3) is 4.38. The van der Waals surface area contributed by atoms with E-state index in [1.54, 1.807) is 0 Å². The van der Waals surface area contributed by atoms with Gasteiger partial charge in [0.1, 0.15) is 5.69 Å². The lowest BCUT2D eigenvalue weighted by Crippen LogP contribution is -2.17. The van der Waals surface area contributed by atoms with Gasteiger partial charge in [-0.25, -0.2) is 9.97 Å². The molecule has 59 heavy (non-hydrogen) atoms. The van der Waals surface area contributed by atoms with Crippen molar-refractivity contribution in [1.82, 2.24) is 19.1 Å². The highest BCUT2D eigenvalue weighted by molar-refractivity contribution is 6.20. The second-order valence-electron chi connectivity index (χ2n) is 16.5. The fraction of sp³-hybridized carbons (Fsp3) is 0.0545. The minimum absolute atomic E-state index is 0.224. The van der Waals surface area contributed by atoms with Gasteiger partial charge in [-0.15, -0.1) is 0 Å². The third-order valence-corrected chi connectivity index (χ3v) is 13.0. The summed E-state index contributed by atoms with van der Waals surface area (Å²) in [6.45, 7) is 4.69. The molecule has 0 bridgehead atoms. The summed E-state index contributed by atoms with van der Waals surface area (Å²) in [5.74, 6) is 0.833. The molecule has 12 aromatic rings. The molecule has 13 rings (SSSR count). The van der Waals surface area contributed by atoms with Gasteiger partial charge in [-0.3, -0.25) is 4.57 Å². The van der Waals surface area contributed by atoms with Crippen molar-refractivity contribution in [2.45, 2.75) is 19.3 Å². The maximum absolute atomic E-state index is 5.55. The highest BCUT2D eigenvalue weighted by Gasteiger charge is 2.38. The number of para-hydroxylation sites is 4. The maximum Gasteiger partial charge on any atom is 0.165 e. The smallest absolute Gasteiger partial charge is 0.165 e. The summed E-state index contributed by atoms with van der Waals surface area (Å²) in [5.41, 5.74) is 14.5. The van der Waals surface area contributed by atoms with Crippen molar-refractivity contribution in [3.8, 4) is 33.9 Å². The maximum atomic E-state index is 5.55. The Balaban J connectivity index is 1.13. The van der Waals surface area contributed by atoms with Crippen LogP contribution in [0.25, 0.3) is 110 Å². The summed E-state index contributed by atoms with van der Waals surface area (Å²) in [4.78, 5) is 11.1. The van der Waals surface area contributed by atoms with Gasteiger partial charge >= 0.3 is 0 Å². The van der Waals surface area contributed by atoms with Gasteiger partial charge < -0.3 is 4.57 Å². The molecule has 0 radical (unpaired) electrons. The summed E-state index contributed by atoms with van der Waals surface area (Å²) in [6.07, 6.45) is 0. The first kappa shape index (κ1) is 32.5. The Hall–Kier alpha value is -7.56. The molecule has 4 nitrogen and oxygen atoms in total. The predicted octanol–water partition coefficient (Wildman–Crippen LogP) is 14.1. The summed E-state index contributed by atoms with van der Waals surface area (Å²) < 4.78 is 4.86. The Morgan fingerprint density at radius 1 is 0.407 bits per heavy atom. The normalized spacial score (nSPS) is 13.4. The third-order valence-electron chi connectivity index (χ3n) is 13.0. The van der Waals surface area contributed by atoms with Gasteiger partial charge in [0.05, 0.1) is 38.8 Å². The Kier molecular flexibility index (Phi) is 6.48. The number of hydrogen-bond acceptors (Lipinski definition) is 2. The Bertz CT molecular complexity index is 3770. The van der Waals surface area contributed by atoms with E-state index in [2.05, 4.69) is 205 Å². The largest absolute Gasteiger partial charge is 0.308 e. The molecule has 0 spiro atoms. The molecule has 0 unspecified atom stereocenters. The number of aromatic nitrogens is 4. The van der Waals surface area contributed by atoms with Crippen LogP contribution in [0.3, 0.4) is 0 Å². The fourth-order valence-electron chi connectivity index (χ4n) is 10.5. The van der Waals surface area contributed by atoms with Crippen molar-refractivity contribution in [1.29, 1.82) is 0 Å². The molecule has 0 N–H and O–H groups in total. The van der Waals surface area contributed by atoms with Crippen LogP contribution in [-0.2, 0) is 5.41 Å². The van der Waals surface area contributed by atoms with E-state index in [0.717, 1.165) is 50.2 Å². The fourth-order valence-corrected chi connectivity index (χ4v) is 10.5. The number of rotatable bonds is 3. The average molecular weight is 753 g/mol. The van der Waals surface area contributed by atoms with E-state index in [0.29, 0.717) is 0 Å². The number of hydrogen-bond donors (Lipinski definition) is 0. The molecule has 0 saturated carbocycles. The zero-order valence-electron chi connectivity index (χ0n) is 32.6. The van der Waals surface area contributed by atoms with Gasteiger partial charge in [0, 0.05) is 43.3 Å². The van der Waals surface area contributed by atoms with Crippen molar-refractivity contribution in [3.63, 3.8) is 0 Å². The van der Waals surface area contributed by atoms with Crippen LogP contribution >= 0.6 is 0 Å². The zero-order chi connectivity index (χ0) is 39.0. The first-order valence-corrected chi connectivity index (χ1v) is 20.4. The van der Waals surface area contributed by atoms with Gasteiger partial charge in [-0.2, -0.15) is 0 Å². The Morgan fingerprint density at radius 2 is 1.03 bits per heavy atom. The lowest BCUT2D eigenvalue weighted by molar-refractivity contribution is 0.661. The van der Waals surface area contributed by atoms with Crippen LogP contribution < -0.4 is 0 Å². The van der Waals surface area contributed by atoms with Crippen LogP contribution in [0.1, 0.15) is 25.0 Å². The van der Waals surface area contributed by atoms with Gasteiger partial charge in [0.15, 0.2) is 5.82 Å².